The van der Waals surface area contributed by atoms with Gasteiger partial charge in [0.15, 0.2) is 0 Å². The van der Waals surface area contributed by atoms with Crippen LogP contribution in [0.2, 0.25) is 25.7 Å². The molecule has 0 aliphatic rings. The fourth-order valence-electron chi connectivity index (χ4n) is 3.26. The molecule has 0 saturated heterocycles. The van der Waals surface area contributed by atoms with Gasteiger partial charge in [-0.2, -0.15) is 4.98 Å². The van der Waals surface area contributed by atoms with Crippen molar-refractivity contribution in [3.05, 3.63) is 41.7 Å². The van der Waals surface area contributed by atoms with Crippen molar-refractivity contribution in [3.63, 3.8) is 0 Å². The molecule has 1 atom stereocenters. The third-order valence-electron chi connectivity index (χ3n) is 4.88. The average Bonchev–Trinajstić information content (AvgIpc) is 3.11. The molecule has 7 nitrogen and oxygen atoms in total. The van der Waals surface area contributed by atoms with Crippen LogP contribution >= 0.6 is 0 Å². The molecule has 156 valence electrons. The number of anilines is 2. The molecular weight excluding hydrogens is 382 g/mol. The predicted octanol–water partition coefficient (Wildman–Crippen LogP) is 4.01. The van der Waals surface area contributed by atoms with E-state index in [-0.39, 0.29) is 11.9 Å². The van der Waals surface area contributed by atoms with Gasteiger partial charge in [0.05, 0.1) is 13.2 Å². The number of ether oxygens (including phenoxy) is 2. The van der Waals surface area contributed by atoms with Crippen molar-refractivity contribution < 1.29 is 9.47 Å². The van der Waals surface area contributed by atoms with Crippen LogP contribution in [0.4, 0.5) is 11.8 Å². The summed E-state index contributed by atoms with van der Waals surface area (Å²) < 4.78 is 12.0. The summed E-state index contributed by atoms with van der Waals surface area (Å²) in [7, 11) is -1.17. The molecule has 0 radical (unpaired) electrons. The molecule has 3 rings (SSSR count). The molecule has 0 aliphatic carbocycles. The number of benzene rings is 1. The minimum absolute atomic E-state index is 0.121. The van der Waals surface area contributed by atoms with E-state index in [1.54, 1.807) is 6.20 Å². The van der Waals surface area contributed by atoms with Crippen molar-refractivity contribution in [3.8, 4) is 5.75 Å². The van der Waals surface area contributed by atoms with Gasteiger partial charge >= 0.3 is 0 Å². The summed E-state index contributed by atoms with van der Waals surface area (Å²) in [4.78, 5) is 11.6. The highest BCUT2D eigenvalue weighted by Crippen LogP contribution is 2.35. The van der Waals surface area contributed by atoms with Gasteiger partial charge in [-0.05, 0) is 36.7 Å². The number of aromatic nitrogens is 3. The summed E-state index contributed by atoms with van der Waals surface area (Å²) in [6.07, 6.45) is 3.61. The van der Waals surface area contributed by atoms with Gasteiger partial charge < -0.3 is 25.9 Å². The van der Waals surface area contributed by atoms with Crippen molar-refractivity contribution in [2.45, 2.75) is 38.5 Å². The normalized spacial score (nSPS) is 13.0. The maximum Gasteiger partial charge on any atom is 0.221 e. The Bertz CT molecular complexity index is 967. The maximum absolute atomic E-state index is 6.20. The Labute approximate surface area is 172 Å². The molecule has 0 fully saturated rings. The maximum atomic E-state index is 6.20. The lowest BCUT2D eigenvalue weighted by molar-refractivity contribution is 0.139. The second-order valence-electron chi connectivity index (χ2n) is 8.40. The Kier molecular flexibility index (Phi) is 6.44. The third kappa shape index (κ3) is 5.27. The number of hydrogen-bond donors (Lipinski definition) is 3. The van der Waals surface area contributed by atoms with E-state index < -0.39 is 8.07 Å². The first-order chi connectivity index (χ1) is 13.8. The van der Waals surface area contributed by atoms with Crippen LogP contribution in [-0.4, -0.2) is 42.8 Å². The van der Waals surface area contributed by atoms with Crippen LogP contribution in [0, 0.1) is 0 Å². The van der Waals surface area contributed by atoms with Crippen LogP contribution in [0.15, 0.2) is 30.6 Å². The molecule has 8 heteroatoms. The van der Waals surface area contributed by atoms with Crippen molar-refractivity contribution in [2.75, 3.05) is 31.3 Å². The second kappa shape index (κ2) is 8.83. The largest absolute Gasteiger partial charge is 0.493 e. The fourth-order valence-corrected chi connectivity index (χ4v) is 4.02. The van der Waals surface area contributed by atoms with Gasteiger partial charge in [-0.15, -0.1) is 0 Å². The van der Waals surface area contributed by atoms with Gasteiger partial charge in [-0.3, -0.25) is 0 Å². The summed E-state index contributed by atoms with van der Waals surface area (Å²) in [5.41, 5.74) is 14.8. The lowest BCUT2D eigenvalue weighted by Gasteiger charge is -2.22. The lowest BCUT2D eigenvalue weighted by Crippen LogP contribution is -2.23. The van der Waals surface area contributed by atoms with E-state index in [9.17, 15) is 0 Å². The highest BCUT2D eigenvalue weighted by molar-refractivity contribution is 6.76. The summed E-state index contributed by atoms with van der Waals surface area (Å²) in [6, 6.07) is 7.29. The molecule has 0 amide bonds. The Morgan fingerprint density at radius 2 is 2.00 bits per heavy atom. The van der Waals surface area contributed by atoms with Gasteiger partial charge in [-0.25, -0.2) is 4.98 Å². The Balaban J connectivity index is 1.97. The Hall–Kier alpha value is -2.58. The minimum Gasteiger partial charge on any atom is -0.493 e. The molecule has 1 aromatic carbocycles. The van der Waals surface area contributed by atoms with E-state index in [4.69, 9.17) is 20.9 Å². The number of nitrogen functional groups attached to an aromatic ring is 2. The van der Waals surface area contributed by atoms with E-state index in [0.29, 0.717) is 19.0 Å². The van der Waals surface area contributed by atoms with E-state index >= 15 is 0 Å². The molecule has 2 heterocycles. The zero-order valence-corrected chi connectivity index (χ0v) is 18.7. The molecule has 5 N–H and O–H groups in total. The van der Waals surface area contributed by atoms with Crippen molar-refractivity contribution in [1.29, 1.82) is 0 Å². The average molecular weight is 414 g/mol. The molecule has 3 aromatic rings. The minimum atomic E-state index is -1.17. The van der Waals surface area contributed by atoms with Crippen molar-refractivity contribution in [2.24, 2.45) is 0 Å². The molecule has 29 heavy (non-hydrogen) atoms. The van der Waals surface area contributed by atoms with Gasteiger partial charge in [0.2, 0.25) is 5.95 Å². The number of hydrogen-bond acceptors (Lipinski definition) is 6. The summed E-state index contributed by atoms with van der Waals surface area (Å²) in [5, 5.41) is 1.05. The summed E-state index contributed by atoms with van der Waals surface area (Å²) in [5.74, 6) is 1.26. The first-order valence-electron chi connectivity index (χ1n) is 9.98. The fraction of sp³-hybridized carbons (Fsp3) is 0.429. The molecule has 0 aliphatic heterocycles. The van der Waals surface area contributed by atoms with Crippen LogP contribution < -0.4 is 16.2 Å². The zero-order valence-electron chi connectivity index (χ0n) is 17.7. The standard InChI is InChI=1S/C21H31N5O2Si/c1-5-28-19-11-14(10-18-15(19)6-7-24-18)17(13-27-8-9-29(2,3)4)16-12-25-21(23)26-20(16)22/h6-7,10-12,17,24H,5,8-9,13H2,1-4H3,(H4,22,23,25,26). The number of nitrogens with two attached hydrogens (primary N) is 2. The number of H-pyrrole nitrogens is 1. The number of fused-ring (bicyclic) bond motifs is 1. The van der Waals surface area contributed by atoms with Gasteiger partial charge in [-0.1, -0.05) is 19.6 Å². The lowest BCUT2D eigenvalue weighted by atomic mass is 9.92. The highest BCUT2D eigenvalue weighted by Gasteiger charge is 2.22. The van der Waals surface area contributed by atoms with Gasteiger partial charge in [0, 0.05) is 49.5 Å². The van der Waals surface area contributed by atoms with E-state index in [0.717, 1.165) is 40.4 Å². The van der Waals surface area contributed by atoms with Crippen LogP contribution in [0.1, 0.15) is 24.0 Å². The van der Waals surface area contributed by atoms with Crippen LogP contribution in [0.3, 0.4) is 0 Å². The predicted molar refractivity (Wildman–Crippen MR) is 121 cm³/mol. The quantitative estimate of drug-likeness (QED) is 0.361. The molecule has 0 saturated carbocycles. The number of aromatic amines is 1. The first kappa shape index (κ1) is 21.1. The highest BCUT2D eigenvalue weighted by atomic mass is 28.3. The Morgan fingerprint density at radius 3 is 2.69 bits per heavy atom. The van der Waals surface area contributed by atoms with Crippen molar-refractivity contribution >= 4 is 30.7 Å². The molecule has 2 aromatic heterocycles. The number of nitrogens with one attached hydrogen (secondary N) is 1. The second-order valence-corrected chi connectivity index (χ2v) is 14.0. The van der Waals surface area contributed by atoms with Crippen LogP contribution in [-0.2, 0) is 4.74 Å². The zero-order chi connectivity index (χ0) is 21.0. The smallest absolute Gasteiger partial charge is 0.221 e. The van der Waals surface area contributed by atoms with E-state index in [2.05, 4.69) is 46.7 Å². The molecule has 1 unspecified atom stereocenters. The van der Waals surface area contributed by atoms with Gasteiger partial charge in [0.1, 0.15) is 11.6 Å². The van der Waals surface area contributed by atoms with Crippen molar-refractivity contribution in [1.82, 2.24) is 15.0 Å². The SMILES string of the molecule is CCOc1cc(C(COCC[Si](C)(C)C)c2cnc(N)nc2N)cc2[nH]ccc12. The molecule has 0 spiro atoms. The number of rotatable bonds is 9. The topological polar surface area (TPSA) is 112 Å². The monoisotopic (exact) mass is 413 g/mol. The number of nitrogens with zero attached hydrogens (tertiary/aromatic N) is 2. The van der Waals surface area contributed by atoms with E-state index in [1.165, 1.54) is 0 Å². The third-order valence-corrected chi connectivity index (χ3v) is 6.58. The molecule has 0 bridgehead atoms. The van der Waals surface area contributed by atoms with Gasteiger partial charge in [0.25, 0.3) is 0 Å². The summed E-state index contributed by atoms with van der Waals surface area (Å²) in [6.45, 7) is 10.8. The molecular formula is C21H31N5O2Si. The van der Waals surface area contributed by atoms with Crippen LogP contribution in [0.25, 0.3) is 10.9 Å². The Morgan fingerprint density at radius 1 is 1.21 bits per heavy atom. The first-order valence-corrected chi connectivity index (χ1v) is 13.7. The van der Waals surface area contributed by atoms with Crippen LogP contribution in [0.5, 0.6) is 5.75 Å². The summed E-state index contributed by atoms with van der Waals surface area (Å²) >= 11 is 0. The van der Waals surface area contributed by atoms with E-state index in [1.807, 2.05) is 19.2 Å².